The van der Waals surface area contributed by atoms with Crippen LogP contribution in [0.1, 0.15) is 31.0 Å². The fraction of sp³-hybridized carbons (Fsp3) is 0.455. The van der Waals surface area contributed by atoms with Crippen LogP contribution in [0.2, 0.25) is 0 Å². The Balaban J connectivity index is 3.29. The summed E-state index contributed by atoms with van der Waals surface area (Å²) in [5.41, 5.74) is 5.25. The number of hydrogen-bond donors (Lipinski definition) is 1. The van der Waals surface area contributed by atoms with Crippen molar-refractivity contribution in [3.8, 4) is 0 Å². The zero-order valence-corrected chi connectivity index (χ0v) is 10.6. The van der Waals surface area contributed by atoms with Gasteiger partial charge in [-0.1, -0.05) is 35.8 Å². The molecule has 0 aliphatic rings. The third-order valence-electron chi connectivity index (χ3n) is 2.40. The van der Waals surface area contributed by atoms with E-state index in [0.717, 1.165) is 6.07 Å². The molecule has 1 nitrogen and oxygen atoms in total. The summed E-state index contributed by atoms with van der Waals surface area (Å²) in [4.78, 5) is 0. The van der Waals surface area contributed by atoms with Crippen molar-refractivity contribution in [3.63, 3.8) is 0 Å². The largest absolute Gasteiger partial charge is 0.416 e. The van der Waals surface area contributed by atoms with E-state index >= 15 is 0 Å². The van der Waals surface area contributed by atoms with Gasteiger partial charge in [0.1, 0.15) is 0 Å². The van der Waals surface area contributed by atoms with Crippen LogP contribution >= 0.6 is 15.9 Å². The number of benzene rings is 1. The lowest BCUT2D eigenvalue weighted by atomic mass is 9.93. The van der Waals surface area contributed by atoms with Crippen molar-refractivity contribution in [2.75, 3.05) is 0 Å². The van der Waals surface area contributed by atoms with Gasteiger partial charge in [-0.15, -0.1) is 0 Å². The van der Waals surface area contributed by atoms with Crippen LogP contribution in [0.25, 0.3) is 0 Å². The Bertz CT molecular complexity index is 374. The van der Waals surface area contributed by atoms with Crippen LogP contribution in [-0.2, 0) is 6.18 Å². The van der Waals surface area contributed by atoms with E-state index in [2.05, 4.69) is 15.9 Å². The molecule has 0 aliphatic heterocycles. The van der Waals surface area contributed by atoms with Gasteiger partial charge >= 0.3 is 6.18 Å². The summed E-state index contributed by atoms with van der Waals surface area (Å²) in [5, 5.41) is 0. The van der Waals surface area contributed by atoms with E-state index in [0.29, 0.717) is 4.47 Å². The minimum absolute atomic E-state index is 0.0396. The Morgan fingerprint density at radius 3 is 2.25 bits per heavy atom. The second-order valence-electron chi connectivity index (χ2n) is 4.00. The average Bonchev–Trinajstić information content (AvgIpc) is 2.15. The number of hydrogen-bond acceptors (Lipinski definition) is 1. The molecule has 90 valence electrons. The number of nitrogens with two attached hydrogens (primary N) is 1. The highest BCUT2D eigenvalue weighted by atomic mass is 79.9. The van der Waals surface area contributed by atoms with E-state index in [1.807, 2.05) is 0 Å². The third kappa shape index (κ3) is 2.98. The predicted molar refractivity (Wildman–Crippen MR) is 60.9 cm³/mol. The molecule has 0 fully saturated rings. The maximum absolute atomic E-state index is 12.8. The topological polar surface area (TPSA) is 26.0 Å². The lowest BCUT2D eigenvalue weighted by Crippen LogP contribution is -2.21. The van der Waals surface area contributed by atoms with Crippen LogP contribution in [0.4, 0.5) is 13.2 Å². The van der Waals surface area contributed by atoms with Gasteiger partial charge in [0.05, 0.1) is 5.56 Å². The molecular weight excluding hydrogens is 283 g/mol. The second-order valence-corrected chi connectivity index (χ2v) is 4.91. The van der Waals surface area contributed by atoms with Gasteiger partial charge in [-0.2, -0.15) is 13.2 Å². The van der Waals surface area contributed by atoms with Crippen LogP contribution in [-0.4, -0.2) is 0 Å². The third-order valence-corrected chi connectivity index (χ3v) is 2.89. The quantitative estimate of drug-likeness (QED) is 0.872. The van der Waals surface area contributed by atoms with Crippen LogP contribution in [0.15, 0.2) is 22.7 Å². The minimum atomic E-state index is -4.37. The lowest BCUT2D eigenvalue weighted by Gasteiger charge is -2.21. The molecule has 16 heavy (non-hydrogen) atoms. The highest BCUT2D eigenvalue weighted by molar-refractivity contribution is 9.10. The van der Waals surface area contributed by atoms with Gasteiger partial charge in [0.15, 0.2) is 0 Å². The van der Waals surface area contributed by atoms with Gasteiger partial charge < -0.3 is 5.73 Å². The number of alkyl halides is 3. The summed E-state index contributed by atoms with van der Waals surface area (Å²) in [6, 6.07) is 3.46. The molecule has 1 atom stereocenters. The zero-order chi connectivity index (χ0) is 12.5. The Labute approximate surface area is 101 Å². The summed E-state index contributed by atoms with van der Waals surface area (Å²) >= 11 is 3.03. The normalized spacial score (nSPS) is 14.2. The summed E-state index contributed by atoms with van der Waals surface area (Å²) < 4.78 is 38.7. The number of rotatable bonds is 2. The fourth-order valence-corrected chi connectivity index (χ4v) is 1.78. The minimum Gasteiger partial charge on any atom is -0.324 e. The van der Waals surface area contributed by atoms with Crippen molar-refractivity contribution in [2.24, 2.45) is 11.7 Å². The van der Waals surface area contributed by atoms with E-state index in [9.17, 15) is 13.2 Å². The number of halogens is 4. The molecule has 0 heterocycles. The van der Waals surface area contributed by atoms with Crippen LogP contribution in [0.5, 0.6) is 0 Å². The predicted octanol–water partition coefficient (Wildman–Crippen LogP) is 4.12. The van der Waals surface area contributed by atoms with Gasteiger partial charge in [-0.3, -0.25) is 0 Å². The van der Waals surface area contributed by atoms with Gasteiger partial charge in [-0.05, 0) is 23.6 Å². The van der Waals surface area contributed by atoms with E-state index in [1.165, 1.54) is 6.07 Å². The molecule has 0 aromatic heterocycles. The molecule has 1 unspecified atom stereocenters. The molecule has 2 N–H and O–H groups in total. The Kier molecular flexibility index (Phi) is 4.02. The van der Waals surface area contributed by atoms with Crippen LogP contribution in [0.3, 0.4) is 0 Å². The fourth-order valence-electron chi connectivity index (χ4n) is 1.42. The van der Waals surface area contributed by atoms with Crippen molar-refractivity contribution in [1.82, 2.24) is 0 Å². The van der Waals surface area contributed by atoms with E-state index in [1.54, 1.807) is 19.9 Å². The maximum atomic E-state index is 12.8. The smallest absolute Gasteiger partial charge is 0.324 e. The first-order valence-corrected chi connectivity index (χ1v) is 5.65. The molecule has 5 heteroatoms. The molecule has 0 aliphatic carbocycles. The molecule has 0 saturated heterocycles. The van der Waals surface area contributed by atoms with Crippen molar-refractivity contribution < 1.29 is 13.2 Å². The summed E-state index contributed by atoms with van der Waals surface area (Å²) in [5.74, 6) is -0.0396. The Morgan fingerprint density at radius 2 is 1.81 bits per heavy atom. The zero-order valence-electron chi connectivity index (χ0n) is 8.98. The summed E-state index contributed by atoms with van der Waals surface area (Å²) in [7, 11) is 0. The molecule has 0 radical (unpaired) electrons. The SMILES string of the molecule is CC(C)C(N)c1ccc(Br)cc1C(F)(F)F. The molecule has 0 saturated carbocycles. The average molecular weight is 296 g/mol. The highest BCUT2D eigenvalue weighted by Crippen LogP contribution is 2.37. The van der Waals surface area contributed by atoms with Gasteiger partial charge in [0, 0.05) is 10.5 Å². The Hall–Kier alpha value is -0.550. The van der Waals surface area contributed by atoms with Gasteiger partial charge in [0.25, 0.3) is 0 Å². The molecule has 1 aromatic carbocycles. The lowest BCUT2D eigenvalue weighted by molar-refractivity contribution is -0.138. The first-order chi connectivity index (χ1) is 7.23. The van der Waals surface area contributed by atoms with Gasteiger partial charge in [0.2, 0.25) is 0 Å². The highest BCUT2D eigenvalue weighted by Gasteiger charge is 2.35. The summed E-state index contributed by atoms with van der Waals surface area (Å²) in [6.07, 6.45) is -4.37. The van der Waals surface area contributed by atoms with Crippen molar-refractivity contribution >= 4 is 15.9 Å². The van der Waals surface area contributed by atoms with Gasteiger partial charge in [-0.25, -0.2) is 0 Å². The second kappa shape index (κ2) is 4.75. The Morgan fingerprint density at radius 1 is 1.25 bits per heavy atom. The molecule has 0 spiro atoms. The molecule has 1 rings (SSSR count). The summed E-state index contributed by atoms with van der Waals surface area (Å²) in [6.45, 7) is 3.60. The van der Waals surface area contributed by atoms with Crippen molar-refractivity contribution in [2.45, 2.75) is 26.1 Å². The monoisotopic (exact) mass is 295 g/mol. The van der Waals surface area contributed by atoms with E-state index in [4.69, 9.17) is 5.73 Å². The first-order valence-electron chi connectivity index (χ1n) is 4.85. The maximum Gasteiger partial charge on any atom is 0.416 e. The van der Waals surface area contributed by atoms with Crippen molar-refractivity contribution in [3.05, 3.63) is 33.8 Å². The molecular formula is C11H13BrF3N. The van der Waals surface area contributed by atoms with Crippen LogP contribution in [0, 0.1) is 5.92 Å². The molecule has 0 amide bonds. The van der Waals surface area contributed by atoms with E-state index in [-0.39, 0.29) is 11.5 Å². The van der Waals surface area contributed by atoms with Crippen LogP contribution < -0.4 is 5.73 Å². The first kappa shape index (κ1) is 13.5. The van der Waals surface area contributed by atoms with E-state index < -0.39 is 17.8 Å². The molecule has 1 aromatic rings. The molecule has 0 bridgehead atoms. The standard InChI is InChI=1S/C11H13BrF3N/c1-6(2)10(16)8-4-3-7(12)5-9(8)11(13,14)15/h3-6,10H,16H2,1-2H3. The van der Waals surface area contributed by atoms with Crippen molar-refractivity contribution in [1.29, 1.82) is 0 Å².